The average Bonchev–Trinajstić information content (AvgIpc) is 3.05. The van der Waals surface area contributed by atoms with Crippen molar-refractivity contribution in [3.63, 3.8) is 0 Å². The molecule has 0 unspecified atom stereocenters. The summed E-state index contributed by atoms with van der Waals surface area (Å²) in [5.41, 5.74) is 0.755. The lowest BCUT2D eigenvalue weighted by atomic mass is 10.2. The Balaban J connectivity index is 1.78. The largest absolute Gasteiger partial charge is 0.507 e. The van der Waals surface area contributed by atoms with Gasteiger partial charge >= 0.3 is 5.97 Å². The monoisotopic (exact) mass is 324 g/mol. The van der Waals surface area contributed by atoms with Gasteiger partial charge in [-0.15, -0.1) is 23.5 Å². The van der Waals surface area contributed by atoms with Gasteiger partial charge in [-0.25, -0.2) is 0 Å². The Bertz CT molecular complexity index is 593. The molecule has 1 fully saturated rings. The summed E-state index contributed by atoms with van der Waals surface area (Å²) in [5, 5.41) is 20.0. The standard InChI is InChI=1S/C14H16N2O3S2/c1-16-10(14(18)19)7-21-13(16)9-6-20-12(15-9)8-4-2-3-5-11(8)17/h2-5,9-10,13,17H,6-7H2,1H3,(H,18,19)/t9-,10-,13-/m1/s1. The molecule has 2 aliphatic heterocycles. The number of phenolic OH excluding ortho intramolecular Hbond substituents is 1. The molecular formula is C14H16N2O3S2. The average molecular weight is 324 g/mol. The summed E-state index contributed by atoms with van der Waals surface area (Å²) in [5.74, 6) is 0.875. The number of para-hydroxylation sites is 1. The van der Waals surface area contributed by atoms with Gasteiger partial charge in [0.2, 0.25) is 0 Å². The lowest BCUT2D eigenvalue weighted by Crippen LogP contribution is -2.42. The highest BCUT2D eigenvalue weighted by Crippen LogP contribution is 2.37. The van der Waals surface area contributed by atoms with Crippen molar-refractivity contribution < 1.29 is 15.0 Å². The van der Waals surface area contributed by atoms with Gasteiger partial charge < -0.3 is 10.2 Å². The first-order valence-corrected chi connectivity index (χ1v) is 8.66. The van der Waals surface area contributed by atoms with Crippen molar-refractivity contribution in [1.29, 1.82) is 0 Å². The number of aliphatic carboxylic acids is 1. The second kappa shape index (κ2) is 5.90. The smallest absolute Gasteiger partial charge is 0.321 e. The third-order valence-electron chi connectivity index (χ3n) is 3.74. The summed E-state index contributed by atoms with van der Waals surface area (Å²) < 4.78 is 0. The van der Waals surface area contributed by atoms with Crippen LogP contribution in [0.1, 0.15) is 5.56 Å². The van der Waals surface area contributed by atoms with E-state index in [0.717, 1.165) is 16.4 Å². The summed E-state index contributed by atoms with van der Waals surface area (Å²) in [6.45, 7) is 0. The number of thioether (sulfide) groups is 2. The molecule has 3 atom stereocenters. The topological polar surface area (TPSA) is 73.1 Å². The maximum Gasteiger partial charge on any atom is 0.321 e. The number of hydrogen-bond donors (Lipinski definition) is 2. The van der Waals surface area contributed by atoms with E-state index in [9.17, 15) is 15.0 Å². The van der Waals surface area contributed by atoms with E-state index in [0.29, 0.717) is 5.75 Å². The first kappa shape index (κ1) is 14.7. The maximum atomic E-state index is 11.2. The fraction of sp³-hybridized carbons (Fsp3) is 0.429. The normalized spacial score (nSPS) is 29.6. The Labute approximate surface area is 131 Å². The number of nitrogens with zero attached hydrogens (tertiary/aromatic N) is 2. The first-order valence-electron chi connectivity index (χ1n) is 6.63. The van der Waals surface area contributed by atoms with Crippen LogP contribution in [0.2, 0.25) is 0 Å². The van der Waals surface area contributed by atoms with Crippen LogP contribution < -0.4 is 0 Å². The van der Waals surface area contributed by atoms with Crippen molar-refractivity contribution in [1.82, 2.24) is 4.90 Å². The van der Waals surface area contributed by atoms with Crippen LogP contribution in [0, 0.1) is 0 Å². The molecule has 2 N–H and O–H groups in total. The van der Waals surface area contributed by atoms with Gasteiger partial charge in [-0.3, -0.25) is 14.7 Å². The molecule has 3 rings (SSSR count). The lowest BCUT2D eigenvalue weighted by molar-refractivity contribution is -0.141. The third-order valence-corrected chi connectivity index (χ3v) is 6.34. The molecule has 0 bridgehead atoms. The number of hydrogen-bond acceptors (Lipinski definition) is 6. The molecule has 0 saturated carbocycles. The van der Waals surface area contributed by atoms with Crippen LogP contribution in [0.25, 0.3) is 0 Å². The van der Waals surface area contributed by atoms with Crippen molar-refractivity contribution in [3.8, 4) is 5.75 Å². The molecule has 2 heterocycles. The minimum absolute atomic E-state index is 0.0592. The highest BCUT2D eigenvalue weighted by molar-refractivity contribution is 8.14. The predicted molar refractivity (Wildman–Crippen MR) is 86.3 cm³/mol. The molecule has 1 aromatic rings. The third kappa shape index (κ3) is 2.77. The van der Waals surface area contributed by atoms with Crippen LogP contribution in [0.3, 0.4) is 0 Å². The number of benzene rings is 1. The van der Waals surface area contributed by atoms with Crippen molar-refractivity contribution in [2.75, 3.05) is 18.6 Å². The Morgan fingerprint density at radius 3 is 2.81 bits per heavy atom. The second-order valence-electron chi connectivity index (χ2n) is 5.07. The van der Waals surface area contributed by atoms with Crippen LogP contribution in [-0.2, 0) is 4.79 Å². The predicted octanol–water partition coefficient (Wildman–Crippen LogP) is 1.71. The highest BCUT2D eigenvalue weighted by Gasteiger charge is 2.41. The van der Waals surface area contributed by atoms with Crippen molar-refractivity contribution >= 4 is 34.5 Å². The maximum absolute atomic E-state index is 11.2. The number of carboxylic acids is 1. The van der Waals surface area contributed by atoms with E-state index in [1.807, 2.05) is 24.1 Å². The van der Waals surface area contributed by atoms with Gasteiger partial charge in [0.25, 0.3) is 0 Å². The molecule has 0 spiro atoms. The summed E-state index contributed by atoms with van der Waals surface area (Å²) in [7, 11) is 1.85. The van der Waals surface area contributed by atoms with Gasteiger partial charge in [-0.2, -0.15) is 0 Å². The van der Waals surface area contributed by atoms with Crippen LogP contribution in [0.15, 0.2) is 29.3 Å². The molecule has 5 nitrogen and oxygen atoms in total. The van der Waals surface area contributed by atoms with E-state index in [4.69, 9.17) is 4.99 Å². The number of aliphatic imine (C=N–C) groups is 1. The minimum Gasteiger partial charge on any atom is -0.507 e. The molecule has 0 aromatic heterocycles. The first-order chi connectivity index (χ1) is 10.1. The van der Waals surface area contributed by atoms with Crippen LogP contribution >= 0.6 is 23.5 Å². The van der Waals surface area contributed by atoms with Gasteiger partial charge in [0.05, 0.1) is 11.4 Å². The van der Waals surface area contributed by atoms with E-state index in [2.05, 4.69) is 0 Å². The van der Waals surface area contributed by atoms with Crippen LogP contribution in [0.4, 0.5) is 0 Å². The summed E-state index contributed by atoms with van der Waals surface area (Å²) in [6.07, 6.45) is 0. The molecule has 21 heavy (non-hydrogen) atoms. The number of carboxylic acid groups (broad SMARTS) is 1. The van der Waals surface area contributed by atoms with Gasteiger partial charge in [-0.1, -0.05) is 12.1 Å². The summed E-state index contributed by atoms with van der Waals surface area (Å²) in [6, 6.07) is 6.80. The molecular weight excluding hydrogens is 308 g/mol. The van der Waals surface area contributed by atoms with Gasteiger partial charge in [0.1, 0.15) is 16.8 Å². The van der Waals surface area contributed by atoms with Crippen molar-refractivity contribution in [2.24, 2.45) is 4.99 Å². The van der Waals surface area contributed by atoms with Gasteiger partial charge in [0, 0.05) is 17.1 Å². The van der Waals surface area contributed by atoms with Gasteiger partial charge in [0.15, 0.2) is 0 Å². The highest BCUT2D eigenvalue weighted by atomic mass is 32.2. The van der Waals surface area contributed by atoms with Crippen molar-refractivity contribution in [3.05, 3.63) is 29.8 Å². The van der Waals surface area contributed by atoms with Crippen molar-refractivity contribution in [2.45, 2.75) is 17.5 Å². The fourth-order valence-corrected chi connectivity index (χ4v) is 5.33. The fourth-order valence-electron chi connectivity index (χ4n) is 2.57. The number of likely N-dealkylation sites (N-methyl/N-ethyl adjacent to an activating group) is 1. The Morgan fingerprint density at radius 2 is 2.14 bits per heavy atom. The number of rotatable bonds is 3. The number of phenols is 1. The lowest BCUT2D eigenvalue weighted by Gasteiger charge is -2.24. The minimum atomic E-state index is -0.775. The molecule has 0 radical (unpaired) electrons. The number of aromatic hydroxyl groups is 1. The van der Waals surface area contributed by atoms with E-state index >= 15 is 0 Å². The van der Waals surface area contributed by atoms with E-state index < -0.39 is 12.0 Å². The second-order valence-corrected chi connectivity index (χ2v) is 7.23. The molecule has 0 amide bonds. The van der Waals surface area contributed by atoms with Crippen LogP contribution in [-0.4, -0.2) is 62.1 Å². The van der Waals surface area contributed by atoms with E-state index in [1.165, 1.54) is 0 Å². The molecule has 1 aromatic carbocycles. The van der Waals surface area contributed by atoms with E-state index in [1.54, 1.807) is 35.7 Å². The van der Waals surface area contributed by atoms with Gasteiger partial charge in [-0.05, 0) is 19.2 Å². The zero-order valence-electron chi connectivity index (χ0n) is 11.5. The van der Waals surface area contributed by atoms with E-state index in [-0.39, 0.29) is 17.2 Å². The summed E-state index contributed by atoms with van der Waals surface area (Å²) in [4.78, 5) is 17.8. The Morgan fingerprint density at radius 1 is 1.38 bits per heavy atom. The Kier molecular flexibility index (Phi) is 4.14. The zero-order valence-corrected chi connectivity index (χ0v) is 13.1. The molecule has 112 valence electrons. The molecule has 1 saturated heterocycles. The Hall–Kier alpha value is -1.18. The molecule has 0 aliphatic carbocycles. The molecule has 2 aliphatic rings. The molecule has 7 heteroatoms. The van der Waals surface area contributed by atoms with Crippen LogP contribution in [0.5, 0.6) is 5.75 Å². The number of carbonyl (C=O) groups is 1. The quantitative estimate of drug-likeness (QED) is 0.882. The zero-order chi connectivity index (χ0) is 15.0. The summed E-state index contributed by atoms with van der Waals surface area (Å²) >= 11 is 3.27. The SMILES string of the molecule is CN1[C@@H](C(=O)O)CS[C@@H]1[C@H]1CSC(c2ccccc2O)=N1.